The summed E-state index contributed by atoms with van der Waals surface area (Å²) >= 11 is 1.53. The van der Waals surface area contributed by atoms with E-state index in [0.717, 1.165) is 23.5 Å². The second-order valence-corrected chi connectivity index (χ2v) is 7.02. The molecule has 0 unspecified atom stereocenters. The normalized spacial score (nSPS) is 25.8. The second kappa shape index (κ2) is 6.13. The van der Waals surface area contributed by atoms with Crippen molar-refractivity contribution >= 4 is 11.3 Å². The molecule has 1 aromatic heterocycles. The Morgan fingerprint density at radius 3 is 2.67 bits per heavy atom. The van der Waals surface area contributed by atoms with Gasteiger partial charge in [0.15, 0.2) is 5.41 Å². The molecule has 0 spiro atoms. The fourth-order valence-electron chi connectivity index (χ4n) is 3.77. The number of likely N-dealkylation sites (N-methyl/N-ethyl adjacent to an activating group) is 1. The van der Waals surface area contributed by atoms with E-state index in [1.165, 1.54) is 11.3 Å². The maximum Gasteiger partial charge on any atom is 0.192 e. The largest absolute Gasteiger partial charge is 0.399 e. The van der Waals surface area contributed by atoms with Crippen molar-refractivity contribution in [2.75, 3.05) is 19.6 Å². The number of thiophene rings is 1. The molecule has 1 aromatic rings. The molecule has 120 valence electrons. The minimum absolute atomic E-state index is 0.0846. The lowest BCUT2D eigenvalue weighted by molar-refractivity contribution is 0.216. The van der Waals surface area contributed by atoms with Crippen LogP contribution in [0.4, 0.5) is 0 Å². The molecule has 2 heterocycles. The Labute approximate surface area is 145 Å². The van der Waals surface area contributed by atoms with E-state index in [0.29, 0.717) is 12.1 Å². The van der Waals surface area contributed by atoms with Crippen LogP contribution in [0, 0.1) is 45.3 Å². The topological polar surface area (TPSA) is 101 Å². The SMILES string of the molecule is CCN1CC=C2C(C#N)=C(N)C(C#N)(C#N)[C@@H](c3cccs3)[C@@H]2C1. The molecule has 6 heteroatoms. The maximum absolute atomic E-state index is 9.88. The summed E-state index contributed by atoms with van der Waals surface area (Å²) in [7, 11) is 0. The molecule has 1 aliphatic heterocycles. The molecule has 0 bridgehead atoms. The number of rotatable bonds is 2. The van der Waals surface area contributed by atoms with Crippen LogP contribution in [0.3, 0.4) is 0 Å². The van der Waals surface area contributed by atoms with Gasteiger partial charge in [0.25, 0.3) is 0 Å². The number of nitriles is 3. The molecule has 0 saturated heterocycles. The fourth-order valence-corrected chi connectivity index (χ4v) is 4.73. The van der Waals surface area contributed by atoms with Crippen LogP contribution in [-0.4, -0.2) is 24.5 Å². The lowest BCUT2D eigenvalue weighted by Crippen LogP contribution is -2.47. The summed E-state index contributed by atoms with van der Waals surface area (Å²) in [6.07, 6.45) is 2.03. The minimum Gasteiger partial charge on any atom is -0.399 e. The number of hydrogen-bond acceptors (Lipinski definition) is 6. The molecule has 0 aromatic carbocycles. The van der Waals surface area contributed by atoms with E-state index in [2.05, 4.69) is 30.0 Å². The van der Waals surface area contributed by atoms with Gasteiger partial charge in [-0.15, -0.1) is 11.3 Å². The van der Waals surface area contributed by atoms with E-state index in [-0.39, 0.29) is 17.5 Å². The Bertz CT molecular complexity index is 814. The van der Waals surface area contributed by atoms with Crippen LogP contribution in [0.5, 0.6) is 0 Å². The number of nitrogens with zero attached hydrogens (tertiary/aromatic N) is 4. The van der Waals surface area contributed by atoms with Crippen LogP contribution in [0.15, 0.2) is 40.4 Å². The quantitative estimate of drug-likeness (QED) is 0.895. The zero-order valence-electron chi connectivity index (χ0n) is 13.4. The van der Waals surface area contributed by atoms with Crippen LogP contribution >= 0.6 is 11.3 Å². The molecule has 0 fully saturated rings. The highest BCUT2D eigenvalue weighted by atomic mass is 32.1. The van der Waals surface area contributed by atoms with Gasteiger partial charge in [0.1, 0.15) is 6.07 Å². The summed E-state index contributed by atoms with van der Waals surface area (Å²) in [6, 6.07) is 10.3. The highest BCUT2D eigenvalue weighted by molar-refractivity contribution is 7.10. The van der Waals surface area contributed by atoms with Crippen LogP contribution in [0.1, 0.15) is 17.7 Å². The Kier molecular flexibility index (Phi) is 4.16. The molecular formula is C18H17N5S. The summed E-state index contributed by atoms with van der Waals surface area (Å²) in [4.78, 5) is 3.22. The highest BCUT2D eigenvalue weighted by Crippen LogP contribution is 2.54. The van der Waals surface area contributed by atoms with Crippen LogP contribution in [0.2, 0.25) is 0 Å². The summed E-state index contributed by atoms with van der Waals surface area (Å²) in [5.41, 5.74) is 6.02. The molecule has 2 atom stereocenters. The average molecular weight is 335 g/mol. The van der Waals surface area contributed by atoms with E-state index < -0.39 is 5.41 Å². The standard InChI is InChI=1S/C18H17N5S/c1-2-23-6-5-12-13(8-19)17(22)18(10-20,11-21)16(14(12)9-23)15-4-3-7-24-15/h3-5,7,14,16H,2,6,9,22H2,1H3/t14-,16-/m1/s1. The van der Waals surface area contributed by atoms with E-state index in [1.807, 2.05) is 23.6 Å². The Balaban J connectivity index is 2.29. The van der Waals surface area contributed by atoms with Gasteiger partial charge in [-0.25, -0.2) is 0 Å². The van der Waals surface area contributed by atoms with E-state index in [9.17, 15) is 15.8 Å². The van der Waals surface area contributed by atoms with E-state index in [1.54, 1.807) is 0 Å². The van der Waals surface area contributed by atoms with Crippen LogP contribution in [0.25, 0.3) is 0 Å². The first-order valence-electron chi connectivity index (χ1n) is 7.81. The Hall–Kier alpha value is -2.59. The molecule has 0 radical (unpaired) electrons. The first-order valence-corrected chi connectivity index (χ1v) is 8.69. The predicted molar refractivity (Wildman–Crippen MR) is 91.2 cm³/mol. The van der Waals surface area contributed by atoms with Crippen LogP contribution in [-0.2, 0) is 0 Å². The molecule has 5 nitrogen and oxygen atoms in total. The van der Waals surface area contributed by atoms with Gasteiger partial charge in [0, 0.05) is 29.8 Å². The van der Waals surface area contributed by atoms with Crippen molar-refractivity contribution in [1.29, 1.82) is 15.8 Å². The van der Waals surface area contributed by atoms with Gasteiger partial charge in [-0.05, 0) is 23.6 Å². The first kappa shape index (κ1) is 16.3. The molecule has 1 aliphatic carbocycles. The minimum atomic E-state index is -1.51. The zero-order chi connectivity index (χ0) is 17.3. The van der Waals surface area contributed by atoms with Gasteiger partial charge in [-0.3, -0.25) is 4.90 Å². The Morgan fingerprint density at radius 1 is 1.38 bits per heavy atom. The van der Waals surface area contributed by atoms with Crippen molar-refractivity contribution in [3.63, 3.8) is 0 Å². The summed E-state index contributed by atoms with van der Waals surface area (Å²) in [5.74, 6) is -0.441. The summed E-state index contributed by atoms with van der Waals surface area (Å²) < 4.78 is 0. The first-order chi connectivity index (χ1) is 11.6. The number of fused-ring (bicyclic) bond motifs is 1. The molecule has 3 rings (SSSR count). The van der Waals surface area contributed by atoms with Crippen molar-refractivity contribution in [3.8, 4) is 18.2 Å². The molecular weight excluding hydrogens is 318 g/mol. The molecule has 0 saturated carbocycles. The third-order valence-corrected chi connectivity index (χ3v) is 5.99. The Morgan fingerprint density at radius 2 is 2.12 bits per heavy atom. The van der Waals surface area contributed by atoms with Gasteiger partial charge in [-0.2, -0.15) is 15.8 Å². The molecule has 2 N–H and O–H groups in total. The monoisotopic (exact) mass is 335 g/mol. The smallest absolute Gasteiger partial charge is 0.192 e. The highest BCUT2D eigenvalue weighted by Gasteiger charge is 2.54. The fraction of sp³-hybridized carbons (Fsp3) is 0.389. The van der Waals surface area contributed by atoms with Crippen molar-refractivity contribution in [2.45, 2.75) is 12.8 Å². The van der Waals surface area contributed by atoms with Gasteiger partial charge in [0.05, 0.1) is 23.4 Å². The average Bonchev–Trinajstić information content (AvgIpc) is 3.14. The van der Waals surface area contributed by atoms with Crippen LogP contribution < -0.4 is 5.73 Å². The van der Waals surface area contributed by atoms with Crippen molar-refractivity contribution in [1.82, 2.24) is 4.90 Å². The van der Waals surface area contributed by atoms with Crippen molar-refractivity contribution < 1.29 is 0 Å². The lowest BCUT2D eigenvalue weighted by atomic mass is 9.59. The third kappa shape index (κ3) is 2.14. The molecule has 2 aliphatic rings. The van der Waals surface area contributed by atoms with Gasteiger partial charge in [0.2, 0.25) is 0 Å². The van der Waals surface area contributed by atoms with Gasteiger partial charge < -0.3 is 5.73 Å². The number of hydrogen-bond donors (Lipinski definition) is 1. The lowest BCUT2D eigenvalue weighted by Gasteiger charge is -2.44. The molecule has 0 amide bonds. The van der Waals surface area contributed by atoms with E-state index in [4.69, 9.17) is 5.73 Å². The van der Waals surface area contributed by atoms with E-state index >= 15 is 0 Å². The number of nitrogens with two attached hydrogens (primary N) is 1. The zero-order valence-corrected chi connectivity index (χ0v) is 14.2. The van der Waals surface area contributed by atoms with Gasteiger partial charge >= 0.3 is 0 Å². The second-order valence-electron chi connectivity index (χ2n) is 6.04. The third-order valence-electron chi connectivity index (χ3n) is 5.04. The number of allylic oxidation sites excluding steroid dienone is 2. The maximum atomic E-state index is 9.88. The summed E-state index contributed by atoms with van der Waals surface area (Å²) in [6.45, 7) is 4.43. The predicted octanol–water partition coefficient (Wildman–Crippen LogP) is 2.49. The van der Waals surface area contributed by atoms with Crippen molar-refractivity contribution in [3.05, 3.63) is 45.3 Å². The van der Waals surface area contributed by atoms with Gasteiger partial charge in [-0.1, -0.05) is 19.1 Å². The summed E-state index contributed by atoms with van der Waals surface area (Å²) in [5, 5.41) is 31.3. The van der Waals surface area contributed by atoms with Crippen molar-refractivity contribution in [2.24, 2.45) is 17.1 Å². The molecule has 24 heavy (non-hydrogen) atoms.